The fourth-order valence-electron chi connectivity index (χ4n) is 2.92. The number of carbonyl (C=O) groups excluding carboxylic acids is 1. The summed E-state index contributed by atoms with van der Waals surface area (Å²) in [6.45, 7) is 2.68. The zero-order chi connectivity index (χ0) is 15.1. The number of amides is 1. The summed E-state index contributed by atoms with van der Waals surface area (Å²) in [5.41, 5.74) is 7.40. The van der Waals surface area contributed by atoms with Gasteiger partial charge in [-0.25, -0.2) is 0 Å². The van der Waals surface area contributed by atoms with Crippen LogP contribution in [0.4, 0.5) is 0 Å². The molecular weight excluding hydrogens is 266 g/mol. The quantitative estimate of drug-likeness (QED) is 0.798. The van der Waals surface area contributed by atoms with E-state index in [1.807, 2.05) is 35.8 Å². The molecule has 0 saturated carbocycles. The highest BCUT2D eigenvalue weighted by molar-refractivity contribution is 6.07. The Kier molecular flexibility index (Phi) is 3.05. The molecule has 0 aliphatic heterocycles. The summed E-state index contributed by atoms with van der Waals surface area (Å²) >= 11 is 0. The zero-order valence-corrected chi connectivity index (χ0v) is 12.1. The molecular formula is C16H17N3O2. The number of hydrogen-bond acceptors (Lipinski definition) is 2. The molecule has 0 atom stereocenters. The van der Waals surface area contributed by atoms with E-state index in [2.05, 4.69) is 0 Å². The Hall–Kier alpha value is -2.56. The van der Waals surface area contributed by atoms with Crippen LogP contribution in [0.15, 0.2) is 35.1 Å². The highest BCUT2D eigenvalue weighted by Crippen LogP contribution is 2.26. The molecule has 5 heteroatoms. The van der Waals surface area contributed by atoms with Crippen molar-refractivity contribution in [3.63, 3.8) is 0 Å². The third-order valence-electron chi connectivity index (χ3n) is 3.85. The molecule has 108 valence electrons. The second kappa shape index (κ2) is 4.77. The van der Waals surface area contributed by atoms with Crippen LogP contribution in [-0.2, 0) is 13.6 Å². The SMILES string of the molecule is CCCn1c(C(N)=O)cc2c(=O)n(C)c3ccccc3c21. The molecule has 0 spiro atoms. The standard InChI is InChI=1S/C16H17N3O2/c1-3-8-19-13(15(17)20)9-11-14(19)10-6-4-5-7-12(10)18(2)16(11)21/h4-7,9H,3,8H2,1-2H3,(H2,17,20). The summed E-state index contributed by atoms with van der Waals surface area (Å²) in [6, 6.07) is 9.31. The maximum Gasteiger partial charge on any atom is 0.265 e. The zero-order valence-electron chi connectivity index (χ0n) is 12.1. The maximum absolute atomic E-state index is 12.5. The van der Waals surface area contributed by atoms with E-state index < -0.39 is 5.91 Å². The fourth-order valence-corrected chi connectivity index (χ4v) is 2.92. The first-order chi connectivity index (χ1) is 10.1. The number of carbonyl (C=O) groups is 1. The first kappa shape index (κ1) is 13.4. The van der Waals surface area contributed by atoms with Crippen LogP contribution in [-0.4, -0.2) is 15.0 Å². The molecule has 2 heterocycles. The van der Waals surface area contributed by atoms with Crippen LogP contribution in [0.3, 0.4) is 0 Å². The van der Waals surface area contributed by atoms with Crippen molar-refractivity contribution in [2.75, 3.05) is 0 Å². The lowest BCUT2D eigenvalue weighted by molar-refractivity contribution is 0.0992. The summed E-state index contributed by atoms with van der Waals surface area (Å²) in [7, 11) is 1.74. The predicted octanol–water partition coefficient (Wildman–Crippen LogP) is 2.00. The van der Waals surface area contributed by atoms with Gasteiger partial charge in [0.2, 0.25) is 0 Å². The lowest BCUT2D eigenvalue weighted by atomic mass is 10.1. The largest absolute Gasteiger partial charge is 0.364 e. The van der Waals surface area contributed by atoms with E-state index in [-0.39, 0.29) is 5.56 Å². The minimum atomic E-state index is -0.509. The highest BCUT2D eigenvalue weighted by Gasteiger charge is 2.18. The first-order valence-corrected chi connectivity index (χ1v) is 6.97. The molecule has 2 aromatic heterocycles. The number of rotatable bonds is 3. The van der Waals surface area contributed by atoms with E-state index in [1.54, 1.807) is 17.7 Å². The summed E-state index contributed by atoms with van der Waals surface area (Å²) in [5, 5.41) is 1.49. The number of nitrogens with two attached hydrogens (primary N) is 1. The summed E-state index contributed by atoms with van der Waals surface area (Å²) in [6.07, 6.45) is 0.855. The maximum atomic E-state index is 12.5. The van der Waals surface area contributed by atoms with Gasteiger partial charge < -0.3 is 14.9 Å². The molecule has 0 fully saturated rings. The number of para-hydroxylation sites is 1. The number of fused-ring (bicyclic) bond motifs is 3. The summed E-state index contributed by atoms with van der Waals surface area (Å²) in [5.74, 6) is -0.509. The molecule has 0 bridgehead atoms. The van der Waals surface area contributed by atoms with Crippen LogP contribution in [0.25, 0.3) is 21.8 Å². The van der Waals surface area contributed by atoms with Crippen molar-refractivity contribution in [3.8, 4) is 0 Å². The van der Waals surface area contributed by atoms with Gasteiger partial charge in [0, 0.05) is 19.0 Å². The minimum Gasteiger partial charge on any atom is -0.364 e. The van der Waals surface area contributed by atoms with Gasteiger partial charge in [-0.15, -0.1) is 0 Å². The van der Waals surface area contributed by atoms with Crippen molar-refractivity contribution in [2.45, 2.75) is 19.9 Å². The Morgan fingerprint density at radius 1 is 1.24 bits per heavy atom. The lowest BCUT2D eigenvalue weighted by Gasteiger charge is -2.11. The van der Waals surface area contributed by atoms with Gasteiger partial charge in [-0.1, -0.05) is 25.1 Å². The van der Waals surface area contributed by atoms with Gasteiger partial charge in [-0.2, -0.15) is 0 Å². The van der Waals surface area contributed by atoms with Crippen molar-refractivity contribution in [2.24, 2.45) is 12.8 Å². The molecule has 0 radical (unpaired) electrons. The molecule has 3 rings (SSSR count). The highest BCUT2D eigenvalue weighted by atomic mass is 16.1. The molecule has 0 aliphatic rings. The van der Waals surface area contributed by atoms with Crippen LogP contribution in [0.2, 0.25) is 0 Å². The normalized spacial score (nSPS) is 11.3. The first-order valence-electron chi connectivity index (χ1n) is 6.97. The number of hydrogen-bond donors (Lipinski definition) is 1. The number of pyridine rings is 1. The number of benzene rings is 1. The topological polar surface area (TPSA) is 70.0 Å². The molecule has 0 unspecified atom stereocenters. The van der Waals surface area contributed by atoms with E-state index in [0.29, 0.717) is 17.6 Å². The van der Waals surface area contributed by atoms with Crippen LogP contribution < -0.4 is 11.3 Å². The van der Waals surface area contributed by atoms with Gasteiger partial charge in [0.25, 0.3) is 11.5 Å². The van der Waals surface area contributed by atoms with Gasteiger partial charge in [-0.3, -0.25) is 9.59 Å². The van der Waals surface area contributed by atoms with E-state index in [9.17, 15) is 9.59 Å². The number of primary amides is 1. The second-order valence-electron chi connectivity index (χ2n) is 5.19. The molecule has 1 aromatic carbocycles. The van der Waals surface area contributed by atoms with Crippen molar-refractivity contribution >= 4 is 27.7 Å². The second-order valence-corrected chi connectivity index (χ2v) is 5.19. The Labute approximate surface area is 121 Å². The molecule has 1 amide bonds. The molecule has 21 heavy (non-hydrogen) atoms. The van der Waals surface area contributed by atoms with Crippen LogP contribution in [0.1, 0.15) is 23.8 Å². The van der Waals surface area contributed by atoms with Gasteiger partial charge >= 0.3 is 0 Å². The van der Waals surface area contributed by atoms with Crippen molar-refractivity contribution < 1.29 is 4.79 Å². The fraction of sp³-hybridized carbons (Fsp3) is 0.250. The monoisotopic (exact) mass is 283 g/mol. The summed E-state index contributed by atoms with van der Waals surface area (Å²) in [4.78, 5) is 24.2. The third-order valence-corrected chi connectivity index (χ3v) is 3.85. The molecule has 2 N–H and O–H groups in total. The third kappa shape index (κ3) is 1.85. The van der Waals surface area contributed by atoms with Crippen LogP contribution in [0.5, 0.6) is 0 Å². The Morgan fingerprint density at radius 3 is 2.62 bits per heavy atom. The molecule has 5 nitrogen and oxygen atoms in total. The van der Waals surface area contributed by atoms with Gasteiger partial charge in [0.15, 0.2) is 0 Å². The van der Waals surface area contributed by atoms with Crippen molar-refractivity contribution in [1.29, 1.82) is 0 Å². The smallest absolute Gasteiger partial charge is 0.265 e. The average Bonchev–Trinajstić information content (AvgIpc) is 2.85. The number of aryl methyl sites for hydroxylation is 2. The Bertz CT molecular complexity index is 919. The number of nitrogens with zero attached hydrogens (tertiary/aromatic N) is 2. The molecule has 0 saturated heterocycles. The summed E-state index contributed by atoms with van der Waals surface area (Å²) < 4.78 is 3.47. The number of aromatic nitrogens is 2. The van der Waals surface area contributed by atoms with Gasteiger partial charge in [0.1, 0.15) is 5.69 Å². The Morgan fingerprint density at radius 2 is 1.95 bits per heavy atom. The van der Waals surface area contributed by atoms with Gasteiger partial charge in [-0.05, 0) is 18.6 Å². The van der Waals surface area contributed by atoms with E-state index in [0.717, 1.165) is 22.8 Å². The lowest BCUT2D eigenvalue weighted by Crippen LogP contribution is -2.18. The Balaban J connectivity index is 2.60. The minimum absolute atomic E-state index is 0.110. The molecule has 0 aliphatic carbocycles. The van der Waals surface area contributed by atoms with Gasteiger partial charge in [0.05, 0.1) is 16.4 Å². The van der Waals surface area contributed by atoms with E-state index >= 15 is 0 Å². The molecule has 3 aromatic rings. The predicted molar refractivity (Wildman–Crippen MR) is 83.5 cm³/mol. The van der Waals surface area contributed by atoms with Crippen molar-refractivity contribution in [1.82, 2.24) is 9.13 Å². The van der Waals surface area contributed by atoms with Crippen molar-refractivity contribution in [3.05, 3.63) is 46.4 Å². The van der Waals surface area contributed by atoms with Crippen LogP contribution in [0, 0.1) is 0 Å². The van der Waals surface area contributed by atoms with E-state index in [1.165, 1.54) is 0 Å². The van der Waals surface area contributed by atoms with Crippen LogP contribution >= 0.6 is 0 Å². The van der Waals surface area contributed by atoms with E-state index in [4.69, 9.17) is 5.73 Å². The average molecular weight is 283 g/mol.